The summed E-state index contributed by atoms with van der Waals surface area (Å²) in [5, 5.41) is 2.89. The zero-order valence-electron chi connectivity index (χ0n) is 12.7. The summed E-state index contributed by atoms with van der Waals surface area (Å²) in [6.07, 6.45) is 3.92. The van der Waals surface area contributed by atoms with Gasteiger partial charge in [-0.1, -0.05) is 12.1 Å². The first-order valence-corrected chi connectivity index (χ1v) is 7.12. The average Bonchev–Trinajstić information content (AvgIpc) is 2.54. The number of hydrogen-bond acceptors (Lipinski definition) is 3. The second-order valence-corrected chi connectivity index (χ2v) is 5.00. The highest BCUT2D eigenvalue weighted by molar-refractivity contribution is 5.76. The van der Waals surface area contributed by atoms with E-state index in [0.717, 1.165) is 5.56 Å². The summed E-state index contributed by atoms with van der Waals surface area (Å²) in [6, 6.07) is 8.54. The molecule has 1 N–H and O–H groups in total. The lowest BCUT2D eigenvalue weighted by Gasteiger charge is -2.14. The van der Waals surface area contributed by atoms with E-state index in [1.165, 1.54) is 7.11 Å². The molecule has 1 amide bonds. The predicted octanol–water partition coefficient (Wildman–Crippen LogP) is 3.04. The van der Waals surface area contributed by atoms with Gasteiger partial charge < -0.3 is 10.1 Å². The molecule has 22 heavy (non-hydrogen) atoms. The number of carbonyl (C=O) groups is 1. The Morgan fingerprint density at radius 3 is 2.73 bits per heavy atom. The highest BCUT2D eigenvalue weighted by Gasteiger charge is 2.12. The molecular weight excluding hydrogens is 283 g/mol. The summed E-state index contributed by atoms with van der Waals surface area (Å²) < 4.78 is 18.9. The highest BCUT2D eigenvalue weighted by Crippen LogP contribution is 2.21. The van der Waals surface area contributed by atoms with Crippen molar-refractivity contribution in [3.63, 3.8) is 0 Å². The minimum atomic E-state index is -0.403. The van der Waals surface area contributed by atoms with Gasteiger partial charge in [0, 0.05) is 18.8 Å². The molecule has 116 valence electrons. The van der Waals surface area contributed by atoms with Crippen LogP contribution in [-0.2, 0) is 11.2 Å². The molecule has 0 aliphatic carbocycles. The first-order chi connectivity index (χ1) is 10.6. The van der Waals surface area contributed by atoms with Crippen molar-refractivity contribution in [1.82, 2.24) is 10.3 Å². The number of carbonyl (C=O) groups excluding carboxylic acids is 1. The Morgan fingerprint density at radius 2 is 2.05 bits per heavy atom. The smallest absolute Gasteiger partial charge is 0.220 e. The van der Waals surface area contributed by atoms with Crippen LogP contribution in [0.25, 0.3) is 0 Å². The van der Waals surface area contributed by atoms with E-state index in [-0.39, 0.29) is 24.1 Å². The predicted molar refractivity (Wildman–Crippen MR) is 82.1 cm³/mol. The van der Waals surface area contributed by atoms with Gasteiger partial charge in [-0.2, -0.15) is 0 Å². The summed E-state index contributed by atoms with van der Waals surface area (Å²) in [6.45, 7) is 1.90. The van der Waals surface area contributed by atoms with E-state index in [0.29, 0.717) is 12.0 Å². The molecule has 0 saturated carbocycles. The Balaban J connectivity index is 1.91. The van der Waals surface area contributed by atoms with Crippen LogP contribution >= 0.6 is 0 Å². The van der Waals surface area contributed by atoms with Crippen LogP contribution in [0.4, 0.5) is 4.39 Å². The second kappa shape index (κ2) is 7.54. The van der Waals surface area contributed by atoms with Crippen molar-refractivity contribution in [3.8, 4) is 5.75 Å². The molecule has 1 aromatic heterocycles. The molecule has 0 aliphatic rings. The average molecular weight is 302 g/mol. The van der Waals surface area contributed by atoms with Crippen molar-refractivity contribution in [2.24, 2.45) is 0 Å². The monoisotopic (exact) mass is 302 g/mol. The van der Waals surface area contributed by atoms with Gasteiger partial charge >= 0.3 is 0 Å². The Morgan fingerprint density at radius 1 is 1.32 bits per heavy atom. The largest absolute Gasteiger partial charge is 0.494 e. The molecule has 5 heteroatoms. The lowest BCUT2D eigenvalue weighted by Crippen LogP contribution is -2.26. The van der Waals surface area contributed by atoms with Gasteiger partial charge in [0.05, 0.1) is 13.2 Å². The van der Waals surface area contributed by atoms with Crippen LogP contribution in [0.2, 0.25) is 0 Å². The molecule has 1 heterocycles. The number of benzene rings is 1. The van der Waals surface area contributed by atoms with Gasteiger partial charge in [0.15, 0.2) is 11.6 Å². The Labute approximate surface area is 129 Å². The molecule has 1 atom stereocenters. The van der Waals surface area contributed by atoms with Gasteiger partial charge in [-0.25, -0.2) is 4.39 Å². The first kappa shape index (κ1) is 15.9. The Hall–Kier alpha value is -2.43. The number of aryl methyl sites for hydroxylation is 1. The van der Waals surface area contributed by atoms with E-state index in [1.807, 2.05) is 19.1 Å². The fourth-order valence-electron chi connectivity index (χ4n) is 2.20. The number of methoxy groups -OCH3 is 1. The molecule has 0 unspecified atom stereocenters. The maximum Gasteiger partial charge on any atom is 0.220 e. The molecule has 1 aromatic carbocycles. The van der Waals surface area contributed by atoms with Crippen LogP contribution in [-0.4, -0.2) is 18.0 Å². The van der Waals surface area contributed by atoms with E-state index in [4.69, 9.17) is 4.74 Å². The molecule has 0 fully saturated rings. The van der Waals surface area contributed by atoms with E-state index < -0.39 is 5.82 Å². The fourth-order valence-corrected chi connectivity index (χ4v) is 2.20. The highest BCUT2D eigenvalue weighted by atomic mass is 19.1. The first-order valence-electron chi connectivity index (χ1n) is 7.12. The van der Waals surface area contributed by atoms with Crippen LogP contribution in [0.3, 0.4) is 0 Å². The molecule has 4 nitrogen and oxygen atoms in total. The summed E-state index contributed by atoms with van der Waals surface area (Å²) in [7, 11) is 1.42. The maximum absolute atomic E-state index is 14.0. The molecule has 0 spiro atoms. The van der Waals surface area contributed by atoms with Crippen LogP contribution < -0.4 is 10.1 Å². The SMILES string of the molecule is COc1cccc(CCC(=O)N[C@H](C)c2ccncc2)c1F. The van der Waals surface area contributed by atoms with Crippen molar-refractivity contribution in [2.45, 2.75) is 25.8 Å². The zero-order valence-corrected chi connectivity index (χ0v) is 12.7. The number of nitrogens with one attached hydrogen (secondary N) is 1. The number of nitrogens with zero attached hydrogens (tertiary/aromatic N) is 1. The fraction of sp³-hybridized carbons (Fsp3) is 0.294. The van der Waals surface area contributed by atoms with Crippen LogP contribution in [0.5, 0.6) is 5.75 Å². The molecule has 0 bridgehead atoms. The lowest BCUT2D eigenvalue weighted by molar-refractivity contribution is -0.121. The van der Waals surface area contributed by atoms with Crippen LogP contribution in [0, 0.1) is 5.82 Å². The Bertz CT molecular complexity index is 632. The third-order valence-corrected chi connectivity index (χ3v) is 3.47. The number of pyridine rings is 1. The lowest BCUT2D eigenvalue weighted by atomic mass is 10.1. The number of halogens is 1. The van der Waals surface area contributed by atoms with E-state index in [2.05, 4.69) is 10.3 Å². The standard InChI is InChI=1S/C17H19FN2O2/c1-12(13-8-10-19-11-9-13)20-16(21)7-6-14-4-3-5-15(22-2)17(14)18/h3-5,8-12H,6-7H2,1-2H3,(H,20,21)/t12-/m1/s1. The normalized spacial score (nSPS) is 11.8. The topological polar surface area (TPSA) is 51.2 Å². The van der Waals surface area contributed by atoms with Crippen LogP contribution in [0.1, 0.15) is 30.5 Å². The van der Waals surface area contributed by atoms with Crippen molar-refractivity contribution < 1.29 is 13.9 Å². The summed E-state index contributed by atoms with van der Waals surface area (Å²) in [4.78, 5) is 15.9. The molecular formula is C17H19FN2O2. The van der Waals surface area contributed by atoms with Crippen LogP contribution in [0.15, 0.2) is 42.7 Å². The van der Waals surface area contributed by atoms with E-state index in [1.54, 1.807) is 30.6 Å². The van der Waals surface area contributed by atoms with Crippen molar-refractivity contribution in [3.05, 3.63) is 59.7 Å². The minimum Gasteiger partial charge on any atom is -0.494 e. The van der Waals surface area contributed by atoms with Crippen molar-refractivity contribution >= 4 is 5.91 Å². The molecule has 2 aromatic rings. The molecule has 0 saturated heterocycles. The molecule has 0 radical (unpaired) electrons. The zero-order chi connectivity index (χ0) is 15.9. The minimum absolute atomic E-state index is 0.106. The number of hydrogen-bond donors (Lipinski definition) is 1. The number of ether oxygens (including phenoxy) is 1. The summed E-state index contributed by atoms with van der Waals surface area (Å²) >= 11 is 0. The van der Waals surface area contributed by atoms with Gasteiger partial charge in [0.1, 0.15) is 0 Å². The summed E-state index contributed by atoms with van der Waals surface area (Å²) in [5.41, 5.74) is 1.46. The maximum atomic E-state index is 14.0. The number of rotatable bonds is 6. The van der Waals surface area contributed by atoms with E-state index >= 15 is 0 Å². The molecule has 0 aliphatic heterocycles. The Kier molecular flexibility index (Phi) is 5.47. The van der Waals surface area contributed by atoms with Gasteiger partial charge in [-0.3, -0.25) is 9.78 Å². The number of aromatic nitrogens is 1. The summed E-state index contributed by atoms with van der Waals surface area (Å²) in [5.74, 6) is -0.324. The number of amides is 1. The van der Waals surface area contributed by atoms with Gasteiger partial charge in [-0.15, -0.1) is 0 Å². The van der Waals surface area contributed by atoms with Gasteiger partial charge in [0.2, 0.25) is 5.91 Å². The third kappa shape index (κ3) is 4.04. The quantitative estimate of drug-likeness (QED) is 0.892. The third-order valence-electron chi connectivity index (χ3n) is 3.47. The second-order valence-electron chi connectivity index (χ2n) is 5.00. The van der Waals surface area contributed by atoms with Crippen molar-refractivity contribution in [1.29, 1.82) is 0 Å². The van der Waals surface area contributed by atoms with Gasteiger partial charge in [0.25, 0.3) is 0 Å². The molecule has 2 rings (SSSR count). The van der Waals surface area contributed by atoms with Gasteiger partial charge in [-0.05, 0) is 42.7 Å². The van der Waals surface area contributed by atoms with Crippen molar-refractivity contribution in [2.75, 3.05) is 7.11 Å². The van der Waals surface area contributed by atoms with E-state index in [9.17, 15) is 9.18 Å².